The summed E-state index contributed by atoms with van der Waals surface area (Å²) in [4.78, 5) is 4.67. The van der Waals surface area contributed by atoms with Gasteiger partial charge in [0, 0.05) is 38.3 Å². The van der Waals surface area contributed by atoms with E-state index in [0.29, 0.717) is 0 Å². The van der Waals surface area contributed by atoms with Crippen LogP contribution in [0.4, 0.5) is 34.1 Å². The monoisotopic (exact) mass is 590 g/mol. The molecule has 0 aromatic heterocycles. The van der Waals surface area contributed by atoms with Gasteiger partial charge in [-0.15, -0.1) is 0 Å². The Kier molecular flexibility index (Phi) is 6.72. The fraction of sp³-hybridized carbons (Fsp3) is 0. The number of hydrogen-bond acceptors (Lipinski definition) is 2. The summed E-state index contributed by atoms with van der Waals surface area (Å²) in [5, 5.41) is 4.92. The van der Waals surface area contributed by atoms with E-state index < -0.39 is 0 Å². The Morgan fingerprint density at radius 1 is 0.341 bits per heavy atom. The van der Waals surface area contributed by atoms with Crippen LogP contribution in [0.2, 0.25) is 0 Å². The molecule has 0 unspecified atom stereocenters. The maximum Gasteiger partial charge on any atom is 0.0546 e. The van der Waals surface area contributed by atoms with Gasteiger partial charge >= 0.3 is 0 Å². The van der Waals surface area contributed by atoms with Gasteiger partial charge in [0.2, 0.25) is 0 Å². The summed E-state index contributed by atoms with van der Waals surface area (Å²) in [5.74, 6) is 0. The maximum absolute atomic E-state index is 3.88. The van der Waals surface area contributed by atoms with Crippen molar-refractivity contribution in [2.45, 2.75) is 0 Å². The largest absolute Gasteiger partial charge is 0.310 e. The zero-order valence-electron chi connectivity index (χ0n) is 22.4. The summed E-state index contributed by atoms with van der Waals surface area (Å²) in [6, 6.07) is 58.0. The van der Waals surface area contributed by atoms with Crippen molar-refractivity contribution in [2.24, 2.45) is 0 Å². The minimum absolute atomic E-state index is 1.01. The van der Waals surface area contributed by atoms with Crippen LogP contribution < -0.4 is 9.80 Å². The highest BCUT2D eigenvalue weighted by molar-refractivity contribution is 9.10. The lowest BCUT2D eigenvalue weighted by Crippen LogP contribution is -2.13. The van der Waals surface area contributed by atoms with Gasteiger partial charge in [-0.05, 0) is 76.8 Å². The van der Waals surface area contributed by atoms with Crippen molar-refractivity contribution in [1.29, 1.82) is 0 Å². The molecule has 7 rings (SSSR count). The van der Waals surface area contributed by atoms with Gasteiger partial charge in [-0.25, -0.2) is 0 Å². The SMILES string of the molecule is Brc1cc(N(c2ccccc2)c2ccccc2)cc(N(c2ccccc2)c2cc3ccccc3c3ccccc23)c1. The van der Waals surface area contributed by atoms with Gasteiger partial charge in [0.05, 0.1) is 5.69 Å². The van der Waals surface area contributed by atoms with Crippen LogP contribution in [-0.2, 0) is 0 Å². The molecular formula is C38H27BrN2. The Morgan fingerprint density at radius 2 is 0.780 bits per heavy atom. The first kappa shape index (κ1) is 25.1. The Bertz CT molecular complexity index is 1910. The van der Waals surface area contributed by atoms with Crippen LogP contribution in [0, 0.1) is 0 Å². The highest BCUT2D eigenvalue weighted by Gasteiger charge is 2.20. The summed E-state index contributed by atoms with van der Waals surface area (Å²) in [6.45, 7) is 0. The van der Waals surface area contributed by atoms with Crippen LogP contribution >= 0.6 is 15.9 Å². The number of anilines is 6. The van der Waals surface area contributed by atoms with E-state index >= 15 is 0 Å². The second kappa shape index (κ2) is 11.0. The lowest BCUT2D eigenvalue weighted by molar-refractivity contribution is 1.25. The van der Waals surface area contributed by atoms with Crippen molar-refractivity contribution < 1.29 is 0 Å². The van der Waals surface area contributed by atoms with Crippen LogP contribution in [0.15, 0.2) is 168 Å². The fourth-order valence-electron chi connectivity index (χ4n) is 5.64. The van der Waals surface area contributed by atoms with Gasteiger partial charge < -0.3 is 9.80 Å². The second-order valence-electron chi connectivity index (χ2n) is 10.0. The zero-order chi connectivity index (χ0) is 27.6. The normalized spacial score (nSPS) is 11.0. The summed E-state index contributed by atoms with van der Waals surface area (Å²) >= 11 is 3.88. The molecule has 0 atom stereocenters. The van der Waals surface area contributed by atoms with Crippen molar-refractivity contribution in [3.05, 3.63) is 168 Å². The molecule has 0 fully saturated rings. The molecule has 0 aliphatic rings. The number of halogens is 1. The molecule has 41 heavy (non-hydrogen) atoms. The first-order chi connectivity index (χ1) is 20.3. The number of rotatable bonds is 6. The fourth-order valence-corrected chi connectivity index (χ4v) is 6.11. The average Bonchev–Trinajstić information content (AvgIpc) is 3.03. The number of nitrogens with zero attached hydrogens (tertiary/aromatic N) is 2. The molecule has 7 aromatic rings. The molecule has 0 amide bonds. The Morgan fingerprint density at radius 3 is 1.37 bits per heavy atom. The predicted octanol–water partition coefficient (Wildman–Crippen LogP) is 11.7. The molecule has 0 saturated carbocycles. The second-order valence-corrected chi connectivity index (χ2v) is 10.9. The van der Waals surface area contributed by atoms with Crippen molar-refractivity contribution in [3.8, 4) is 0 Å². The summed E-state index contributed by atoms with van der Waals surface area (Å²) in [7, 11) is 0. The molecule has 0 radical (unpaired) electrons. The third-order valence-corrected chi connectivity index (χ3v) is 7.87. The molecule has 3 heteroatoms. The molecule has 2 nitrogen and oxygen atoms in total. The number of benzene rings is 7. The number of fused-ring (bicyclic) bond motifs is 3. The van der Waals surface area contributed by atoms with Crippen molar-refractivity contribution in [1.82, 2.24) is 0 Å². The van der Waals surface area contributed by atoms with E-state index in [9.17, 15) is 0 Å². The molecule has 0 heterocycles. The average molecular weight is 592 g/mol. The minimum Gasteiger partial charge on any atom is -0.310 e. The topological polar surface area (TPSA) is 6.48 Å². The van der Waals surface area contributed by atoms with Gasteiger partial charge in [-0.3, -0.25) is 0 Å². The molecule has 0 N–H and O–H groups in total. The third-order valence-electron chi connectivity index (χ3n) is 7.41. The quantitative estimate of drug-likeness (QED) is 0.178. The van der Waals surface area contributed by atoms with Crippen molar-refractivity contribution in [3.63, 3.8) is 0 Å². The molecule has 0 aliphatic carbocycles. The Balaban J connectivity index is 1.49. The first-order valence-corrected chi connectivity index (χ1v) is 14.5. The van der Waals surface area contributed by atoms with Crippen LogP contribution in [0.25, 0.3) is 21.5 Å². The van der Waals surface area contributed by atoms with Gasteiger partial charge in [0.1, 0.15) is 0 Å². The van der Waals surface area contributed by atoms with E-state index in [4.69, 9.17) is 0 Å². The predicted molar refractivity (Wildman–Crippen MR) is 179 cm³/mol. The molecule has 0 spiro atoms. The molecule has 0 aliphatic heterocycles. The standard InChI is InChI=1S/C38H27BrN2/c39-29-25-33(40(30-15-4-1-5-16-30)31-17-6-2-7-18-31)27-34(26-29)41(32-19-8-3-9-20-32)38-24-28-14-10-11-21-35(28)36-22-12-13-23-37(36)38/h1-27H. The molecule has 0 saturated heterocycles. The molecule has 7 aromatic carbocycles. The molecule has 196 valence electrons. The lowest BCUT2D eigenvalue weighted by Gasteiger charge is -2.30. The van der Waals surface area contributed by atoms with Crippen LogP contribution in [0.1, 0.15) is 0 Å². The van der Waals surface area contributed by atoms with Gasteiger partial charge in [0.15, 0.2) is 0 Å². The van der Waals surface area contributed by atoms with Crippen LogP contribution in [-0.4, -0.2) is 0 Å². The Labute approximate surface area is 248 Å². The first-order valence-electron chi connectivity index (χ1n) is 13.7. The maximum atomic E-state index is 3.88. The van der Waals surface area contributed by atoms with Crippen LogP contribution in [0.3, 0.4) is 0 Å². The third kappa shape index (κ3) is 4.86. The van der Waals surface area contributed by atoms with Gasteiger partial charge in [-0.1, -0.05) is 119 Å². The van der Waals surface area contributed by atoms with E-state index in [1.165, 1.54) is 21.5 Å². The minimum atomic E-state index is 1.01. The van der Waals surface area contributed by atoms with E-state index in [1.807, 2.05) is 0 Å². The van der Waals surface area contributed by atoms with E-state index in [-0.39, 0.29) is 0 Å². The smallest absolute Gasteiger partial charge is 0.0546 e. The van der Waals surface area contributed by atoms with Gasteiger partial charge in [-0.2, -0.15) is 0 Å². The molecule has 0 bridgehead atoms. The molecular weight excluding hydrogens is 564 g/mol. The summed E-state index contributed by atoms with van der Waals surface area (Å²) in [5.41, 5.74) is 6.58. The van der Waals surface area contributed by atoms with Crippen molar-refractivity contribution in [2.75, 3.05) is 9.80 Å². The zero-order valence-corrected chi connectivity index (χ0v) is 23.9. The highest BCUT2D eigenvalue weighted by atomic mass is 79.9. The lowest BCUT2D eigenvalue weighted by atomic mass is 9.99. The number of hydrogen-bond donors (Lipinski definition) is 0. The van der Waals surface area contributed by atoms with Crippen molar-refractivity contribution >= 4 is 71.6 Å². The van der Waals surface area contributed by atoms with Gasteiger partial charge in [0.25, 0.3) is 0 Å². The summed E-state index contributed by atoms with van der Waals surface area (Å²) in [6.07, 6.45) is 0. The highest BCUT2D eigenvalue weighted by Crippen LogP contribution is 2.45. The van der Waals surface area contributed by atoms with Crippen LogP contribution in [0.5, 0.6) is 0 Å². The Hall–Kier alpha value is -4.86. The number of para-hydroxylation sites is 3. The van der Waals surface area contributed by atoms with E-state index in [0.717, 1.165) is 38.6 Å². The van der Waals surface area contributed by atoms with E-state index in [1.54, 1.807) is 0 Å². The van der Waals surface area contributed by atoms with E-state index in [2.05, 4.69) is 190 Å². The summed E-state index contributed by atoms with van der Waals surface area (Å²) < 4.78 is 1.01.